The first-order valence-corrected chi connectivity index (χ1v) is 10.6. The number of Topliss-reactive ketones (excluding diaryl/α,β-unsaturated/α-hetero) is 1. The van der Waals surface area contributed by atoms with Crippen molar-refractivity contribution in [3.05, 3.63) is 92.3 Å². The van der Waals surface area contributed by atoms with Gasteiger partial charge in [-0.1, -0.05) is 17.7 Å². The number of carbonyl (C=O) groups excluding carboxylic acids is 1. The van der Waals surface area contributed by atoms with Gasteiger partial charge in [0, 0.05) is 33.6 Å². The van der Waals surface area contributed by atoms with Gasteiger partial charge in [-0.05, 0) is 64.1 Å². The van der Waals surface area contributed by atoms with Crippen molar-refractivity contribution < 1.29 is 4.79 Å². The van der Waals surface area contributed by atoms with Gasteiger partial charge in [0.1, 0.15) is 12.2 Å². The Hall–Kier alpha value is -3.25. The van der Waals surface area contributed by atoms with Gasteiger partial charge in [0.25, 0.3) is 5.56 Å². The molecule has 1 aromatic carbocycles. The minimum absolute atomic E-state index is 0.0881. The molecule has 152 valence electrons. The van der Waals surface area contributed by atoms with Gasteiger partial charge in [0.15, 0.2) is 5.78 Å². The molecule has 0 aliphatic rings. The Balaban J connectivity index is 1.66. The second kappa shape index (κ2) is 7.88. The minimum Gasteiger partial charge on any atom is -0.318 e. The van der Waals surface area contributed by atoms with Crippen LogP contribution in [-0.4, -0.2) is 20.1 Å². The second-order valence-corrected chi connectivity index (χ2v) is 8.79. The molecule has 0 aliphatic carbocycles. The Kier molecular flexibility index (Phi) is 5.26. The molecule has 0 aliphatic heterocycles. The van der Waals surface area contributed by atoms with Crippen molar-refractivity contribution in [2.45, 2.75) is 34.2 Å². The Morgan fingerprint density at radius 3 is 2.37 bits per heavy atom. The summed E-state index contributed by atoms with van der Waals surface area (Å²) in [6.45, 7) is 7.90. The van der Waals surface area contributed by atoms with E-state index in [1.807, 2.05) is 58.0 Å². The fraction of sp³-hybridized carbons (Fsp3) is 0.208. The molecule has 0 saturated heterocycles. The lowest BCUT2D eigenvalue weighted by atomic mass is 10.1. The molecule has 6 heteroatoms. The average Bonchev–Trinajstić information content (AvgIpc) is 3.27. The summed E-state index contributed by atoms with van der Waals surface area (Å²) < 4.78 is 3.32. The first-order valence-electron chi connectivity index (χ1n) is 9.77. The molecule has 0 spiro atoms. The van der Waals surface area contributed by atoms with E-state index in [0.29, 0.717) is 11.3 Å². The quantitative estimate of drug-likeness (QED) is 0.435. The van der Waals surface area contributed by atoms with Crippen molar-refractivity contribution in [3.63, 3.8) is 0 Å². The number of hydrogen-bond donors (Lipinski definition) is 0. The zero-order valence-corrected chi connectivity index (χ0v) is 18.3. The van der Waals surface area contributed by atoms with E-state index >= 15 is 0 Å². The minimum atomic E-state index is -0.285. The number of rotatable bonds is 5. The van der Waals surface area contributed by atoms with E-state index in [4.69, 9.17) is 0 Å². The van der Waals surface area contributed by atoms with Gasteiger partial charge in [-0.15, -0.1) is 11.3 Å². The van der Waals surface area contributed by atoms with Crippen LogP contribution in [0.4, 0.5) is 0 Å². The monoisotopic (exact) mass is 417 g/mol. The largest absolute Gasteiger partial charge is 0.318 e. The van der Waals surface area contributed by atoms with Crippen molar-refractivity contribution >= 4 is 17.1 Å². The van der Waals surface area contributed by atoms with Crippen molar-refractivity contribution in [1.82, 2.24) is 14.3 Å². The van der Waals surface area contributed by atoms with Gasteiger partial charge >= 0.3 is 0 Å². The number of hydrogen-bond acceptors (Lipinski definition) is 4. The van der Waals surface area contributed by atoms with Crippen LogP contribution in [-0.2, 0) is 6.54 Å². The van der Waals surface area contributed by atoms with Crippen LogP contribution in [0.1, 0.15) is 32.2 Å². The number of ketones is 1. The highest BCUT2D eigenvalue weighted by Gasteiger charge is 2.18. The van der Waals surface area contributed by atoms with Gasteiger partial charge in [0.05, 0.1) is 4.88 Å². The topological polar surface area (TPSA) is 56.9 Å². The summed E-state index contributed by atoms with van der Waals surface area (Å²) in [4.78, 5) is 27.6. The molecule has 3 heterocycles. The smallest absolute Gasteiger partial charge is 0.267 e. The van der Waals surface area contributed by atoms with Crippen LogP contribution < -0.4 is 5.56 Å². The third-order valence-corrected chi connectivity index (χ3v) is 6.20. The van der Waals surface area contributed by atoms with Crippen LogP contribution in [0, 0.1) is 27.7 Å². The molecule has 0 atom stereocenters. The van der Waals surface area contributed by atoms with E-state index in [1.165, 1.54) is 21.2 Å². The molecule has 0 radical (unpaired) electrons. The molecule has 4 aromatic rings. The fourth-order valence-electron chi connectivity index (χ4n) is 3.62. The summed E-state index contributed by atoms with van der Waals surface area (Å²) >= 11 is 1.61. The van der Waals surface area contributed by atoms with Crippen molar-refractivity contribution in [1.29, 1.82) is 0 Å². The summed E-state index contributed by atoms with van der Waals surface area (Å²) in [7, 11) is 0. The Morgan fingerprint density at radius 2 is 1.70 bits per heavy atom. The lowest BCUT2D eigenvalue weighted by molar-refractivity contribution is 0.0965. The number of carbonyl (C=O) groups is 1. The van der Waals surface area contributed by atoms with E-state index in [-0.39, 0.29) is 17.9 Å². The van der Waals surface area contributed by atoms with Crippen LogP contribution >= 0.6 is 11.3 Å². The first-order chi connectivity index (χ1) is 14.3. The van der Waals surface area contributed by atoms with Crippen molar-refractivity contribution in [2.24, 2.45) is 0 Å². The molecular weight excluding hydrogens is 394 g/mol. The van der Waals surface area contributed by atoms with Crippen LogP contribution in [0.5, 0.6) is 0 Å². The maximum atomic E-state index is 13.1. The maximum Gasteiger partial charge on any atom is 0.267 e. The maximum absolute atomic E-state index is 13.1. The Labute approximate surface area is 179 Å². The summed E-state index contributed by atoms with van der Waals surface area (Å²) in [5, 5.41) is 4.44. The second-order valence-electron chi connectivity index (χ2n) is 7.50. The standard InChI is InChI=1S/C24H23N3O2S/c1-15-5-8-19(9-6-15)27-16(2)13-20(18(27)4)22(28)14-26-24(29)12-10-21(25-26)23-11-7-17(3)30-23/h5-13H,14H2,1-4H3. The third kappa shape index (κ3) is 3.78. The SMILES string of the molecule is Cc1ccc(-n2c(C)cc(C(=O)Cn3nc(-c4ccc(C)s4)ccc3=O)c2C)cc1. The first kappa shape index (κ1) is 20.0. The third-order valence-electron chi connectivity index (χ3n) is 5.18. The predicted octanol–water partition coefficient (Wildman–Crippen LogP) is 4.88. The summed E-state index contributed by atoms with van der Waals surface area (Å²) in [6.07, 6.45) is 0. The molecule has 4 rings (SSSR count). The Morgan fingerprint density at radius 1 is 0.967 bits per heavy atom. The number of thiophene rings is 1. The number of benzene rings is 1. The van der Waals surface area contributed by atoms with Crippen molar-refractivity contribution in [2.75, 3.05) is 0 Å². The van der Waals surface area contributed by atoms with E-state index in [9.17, 15) is 9.59 Å². The van der Waals surface area contributed by atoms with Gasteiger partial charge < -0.3 is 4.57 Å². The number of aryl methyl sites for hydroxylation is 3. The molecule has 0 fully saturated rings. The molecule has 0 unspecified atom stereocenters. The van der Waals surface area contributed by atoms with Crippen molar-refractivity contribution in [3.8, 4) is 16.3 Å². The van der Waals surface area contributed by atoms with E-state index in [0.717, 1.165) is 22.0 Å². The average molecular weight is 418 g/mol. The highest BCUT2D eigenvalue weighted by Crippen LogP contribution is 2.25. The molecular formula is C24H23N3O2S. The molecule has 5 nitrogen and oxygen atoms in total. The van der Waals surface area contributed by atoms with Gasteiger partial charge in [-0.25, -0.2) is 4.68 Å². The van der Waals surface area contributed by atoms with E-state index in [2.05, 4.69) is 21.8 Å². The fourth-order valence-corrected chi connectivity index (χ4v) is 4.46. The molecule has 0 bridgehead atoms. The number of nitrogens with zero attached hydrogens (tertiary/aromatic N) is 3. The van der Waals surface area contributed by atoms with Gasteiger partial charge in [-0.2, -0.15) is 5.10 Å². The highest BCUT2D eigenvalue weighted by molar-refractivity contribution is 7.15. The summed E-state index contributed by atoms with van der Waals surface area (Å²) in [6, 6.07) is 17.3. The molecule has 3 aromatic heterocycles. The zero-order valence-electron chi connectivity index (χ0n) is 17.5. The van der Waals surface area contributed by atoms with E-state index in [1.54, 1.807) is 17.4 Å². The lowest BCUT2D eigenvalue weighted by Crippen LogP contribution is -2.26. The molecule has 0 amide bonds. The lowest BCUT2D eigenvalue weighted by Gasteiger charge is -2.10. The molecule has 0 saturated carbocycles. The van der Waals surface area contributed by atoms with Gasteiger partial charge in [0.2, 0.25) is 0 Å². The normalized spacial score (nSPS) is 11.1. The molecule has 0 N–H and O–H groups in total. The van der Waals surface area contributed by atoms with Gasteiger partial charge in [-0.3, -0.25) is 9.59 Å². The van der Waals surface area contributed by atoms with Crippen LogP contribution in [0.2, 0.25) is 0 Å². The highest BCUT2D eigenvalue weighted by atomic mass is 32.1. The summed E-state index contributed by atoms with van der Waals surface area (Å²) in [5.41, 5.74) is 5.06. The molecule has 30 heavy (non-hydrogen) atoms. The van der Waals surface area contributed by atoms with E-state index < -0.39 is 0 Å². The van der Waals surface area contributed by atoms with Crippen LogP contribution in [0.15, 0.2) is 59.4 Å². The van der Waals surface area contributed by atoms with Crippen LogP contribution in [0.25, 0.3) is 16.3 Å². The summed E-state index contributed by atoms with van der Waals surface area (Å²) in [5.74, 6) is -0.129. The number of aromatic nitrogens is 3. The zero-order chi connectivity index (χ0) is 21.4. The van der Waals surface area contributed by atoms with Crippen LogP contribution in [0.3, 0.4) is 0 Å². The predicted molar refractivity (Wildman–Crippen MR) is 121 cm³/mol. The Bertz CT molecular complexity index is 1290.